The number of esters is 1. The van der Waals surface area contributed by atoms with Gasteiger partial charge in [0, 0.05) is 37.5 Å². The number of methoxy groups -OCH3 is 1. The molecule has 0 bridgehead atoms. The number of rotatable bonds is 13. The number of benzene rings is 2. The largest absolute Gasteiger partial charge is 0.484 e. The summed E-state index contributed by atoms with van der Waals surface area (Å²) in [5.41, 5.74) is 2.24. The van der Waals surface area contributed by atoms with Crippen LogP contribution in [-0.2, 0) is 16.1 Å². The summed E-state index contributed by atoms with van der Waals surface area (Å²) in [5, 5.41) is 24.4. The number of hydrogen-bond acceptors (Lipinski definition) is 10. The predicted molar refractivity (Wildman–Crippen MR) is 167 cm³/mol. The Kier molecular flexibility index (Phi) is 10.3. The van der Waals surface area contributed by atoms with Crippen LogP contribution >= 0.6 is 0 Å². The molecular formula is C34H35FN6O5. The number of piperidine rings is 1. The van der Waals surface area contributed by atoms with Gasteiger partial charge in [0.05, 0.1) is 54.0 Å². The third kappa shape index (κ3) is 8.49. The summed E-state index contributed by atoms with van der Waals surface area (Å²) >= 11 is 0. The van der Waals surface area contributed by atoms with Gasteiger partial charge >= 0.3 is 5.97 Å². The van der Waals surface area contributed by atoms with Crippen molar-refractivity contribution in [2.75, 3.05) is 43.9 Å². The first-order valence-electron chi connectivity index (χ1n) is 15.1. The molecule has 3 aromatic rings. The Morgan fingerprint density at radius 3 is 2.59 bits per heavy atom. The smallest absolute Gasteiger partial charge is 0.337 e. The van der Waals surface area contributed by atoms with Crippen LogP contribution in [-0.4, -0.2) is 61.2 Å². The number of aromatic nitrogens is 1. The van der Waals surface area contributed by atoms with Crippen LogP contribution in [0.3, 0.4) is 0 Å². The van der Waals surface area contributed by atoms with Crippen LogP contribution in [0.1, 0.15) is 53.7 Å². The number of carbonyl (C=O) groups is 2. The zero-order chi connectivity index (χ0) is 32.5. The monoisotopic (exact) mass is 626 g/mol. The fourth-order valence-corrected chi connectivity index (χ4v) is 5.28. The van der Waals surface area contributed by atoms with E-state index in [1.807, 2.05) is 6.07 Å². The fourth-order valence-electron chi connectivity index (χ4n) is 5.28. The van der Waals surface area contributed by atoms with E-state index in [1.54, 1.807) is 36.4 Å². The quantitative estimate of drug-likeness (QED) is 0.247. The van der Waals surface area contributed by atoms with Crippen molar-refractivity contribution in [3.05, 3.63) is 77.2 Å². The number of halogens is 1. The lowest BCUT2D eigenvalue weighted by Crippen LogP contribution is -2.42. The number of nitrogens with zero attached hydrogens (tertiary/aromatic N) is 4. The van der Waals surface area contributed by atoms with Crippen LogP contribution in [0.5, 0.6) is 11.6 Å². The molecule has 2 aliphatic rings. The van der Waals surface area contributed by atoms with Crippen molar-refractivity contribution in [1.29, 1.82) is 10.5 Å². The highest BCUT2D eigenvalue weighted by molar-refractivity contribution is 5.98. The molecule has 12 heteroatoms. The lowest BCUT2D eigenvalue weighted by atomic mass is 10.0. The van der Waals surface area contributed by atoms with E-state index in [0.717, 1.165) is 18.9 Å². The van der Waals surface area contributed by atoms with Gasteiger partial charge in [-0.15, -0.1) is 0 Å². The predicted octanol–water partition coefficient (Wildman–Crippen LogP) is 5.05. The van der Waals surface area contributed by atoms with Gasteiger partial charge in [0.15, 0.2) is 11.6 Å². The van der Waals surface area contributed by atoms with Gasteiger partial charge in [0.2, 0.25) is 11.8 Å². The molecule has 2 heterocycles. The molecule has 2 fully saturated rings. The van der Waals surface area contributed by atoms with E-state index in [-0.39, 0.29) is 41.9 Å². The fraction of sp³-hybridized carbons (Fsp3) is 0.382. The van der Waals surface area contributed by atoms with Gasteiger partial charge in [-0.3, -0.25) is 9.69 Å². The minimum atomic E-state index is -0.612. The minimum Gasteiger partial charge on any atom is -0.484 e. The molecule has 0 radical (unpaired) electrons. The summed E-state index contributed by atoms with van der Waals surface area (Å²) in [4.78, 5) is 31.7. The van der Waals surface area contributed by atoms with Crippen molar-refractivity contribution in [1.82, 2.24) is 9.88 Å². The summed E-state index contributed by atoms with van der Waals surface area (Å²) in [6.07, 6.45) is 3.70. The van der Waals surface area contributed by atoms with Crippen LogP contribution in [0.4, 0.5) is 15.8 Å². The third-order valence-electron chi connectivity index (χ3n) is 8.19. The molecule has 1 amide bonds. The highest BCUT2D eigenvalue weighted by Gasteiger charge is 2.42. The Morgan fingerprint density at radius 1 is 1.09 bits per heavy atom. The lowest BCUT2D eigenvalue weighted by Gasteiger charge is -2.31. The molecule has 1 saturated carbocycles. The highest BCUT2D eigenvalue weighted by Crippen LogP contribution is 2.48. The van der Waals surface area contributed by atoms with Crippen LogP contribution in [0.25, 0.3) is 0 Å². The molecule has 238 valence electrons. The molecule has 46 heavy (non-hydrogen) atoms. The number of anilines is 2. The summed E-state index contributed by atoms with van der Waals surface area (Å²) in [7, 11) is 1.32. The van der Waals surface area contributed by atoms with E-state index in [9.17, 15) is 14.0 Å². The second-order valence-electron chi connectivity index (χ2n) is 11.6. The van der Waals surface area contributed by atoms with Gasteiger partial charge in [-0.2, -0.15) is 10.5 Å². The van der Waals surface area contributed by atoms with Crippen molar-refractivity contribution in [2.24, 2.45) is 5.41 Å². The van der Waals surface area contributed by atoms with E-state index >= 15 is 0 Å². The Balaban J connectivity index is 1.10. The minimum absolute atomic E-state index is 0.0384. The van der Waals surface area contributed by atoms with Gasteiger partial charge in [-0.25, -0.2) is 14.2 Å². The summed E-state index contributed by atoms with van der Waals surface area (Å²) in [6.45, 7) is 2.11. The molecule has 0 atom stereocenters. The first-order valence-corrected chi connectivity index (χ1v) is 15.1. The maximum absolute atomic E-state index is 14.1. The number of nitrogens with one attached hydrogen (secondary N) is 2. The standard InChI is InChI=1S/C34H35FN6O5/c1-44-33(43)24-6-7-28(29(18-24)38-22-34(11-12-34)13-14-36)40-31(42)20-41-15-9-26(10-16-41)46-32-4-2-3-25(39-32)21-45-30-8-5-23(19-37)17-27(30)35/h2-8,17-18,26,38H,9-13,15-16,20-22H2,1H3,(H,40,42). The van der Waals surface area contributed by atoms with Crippen molar-refractivity contribution < 1.29 is 28.2 Å². The maximum Gasteiger partial charge on any atom is 0.337 e. The average Bonchev–Trinajstić information content (AvgIpc) is 3.84. The van der Waals surface area contributed by atoms with Crippen molar-refractivity contribution in [2.45, 2.75) is 44.8 Å². The second kappa shape index (κ2) is 14.7. The second-order valence-corrected chi connectivity index (χ2v) is 11.6. The molecule has 2 N–H and O–H groups in total. The molecule has 5 rings (SSSR count). The van der Waals surface area contributed by atoms with Gasteiger partial charge in [0.1, 0.15) is 12.7 Å². The van der Waals surface area contributed by atoms with Gasteiger partial charge in [0.25, 0.3) is 0 Å². The van der Waals surface area contributed by atoms with Crippen LogP contribution < -0.4 is 20.1 Å². The number of hydrogen-bond donors (Lipinski definition) is 2. The number of pyridine rings is 1. The van der Waals surface area contributed by atoms with E-state index in [1.165, 1.54) is 19.2 Å². The first-order chi connectivity index (χ1) is 22.3. The van der Waals surface area contributed by atoms with Crippen molar-refractivity contribution in [3.8, 4) is 23.8 Å². The Labute approximate surface area is 266 Å². The number of nitriles is 2. The molecule has 1 saturated heterocycles. The Bertz CT molecular complexity index is 1660. The zero-order valence-corrected chi connectivity index (χ0v) is 25.6. The number of amides is 1. The van der Waals surface area contributed by atoms with E-state index in [2.05, 4.69) is 26.6 Å². The molecule has 11 nitrogen and oxygen atoms in total. The number of likely N-dealkylation sites (tertiary alicyclic amines) is 1. The molecule has 0 spiro atoms. The Morgan fingerprint density at radius 2 is 1.89 bits per heavy atom. The van der Waals surface area contributed by atoms with E-state index in [0.29, 0.717) is 67.4 Å². The lowest BCUT2D eigenvalue weighted by molar-refractivity contribution is -0.117. The number of ether oxygens (including phenoxy) is 3. The first kappa shape index (κ1) is 32.2. The molecule has 2 aromatic carbocycles. The zero-order valence-electron chi connectivity index (χ0n) is 25.6. The maximum atomic E-state index is 14.1. The van der Waals surface area contributed by atoms with Gasteiger partial charge in [-0.05, 0) is 68.1 Å². The molecule has 1 aliphatic carbocycles. The molecule has 1 aromatic heterocycles. The highest BCUT2D eigenvalue weighted by atomic mass is 19.1. The molecule has 1 aliphatic heterocycles. The van der Waals surface area contributed by atoms with Crippen LogP contribution in [0.15, 0.2) is 54.6 Å². The van der Waals surface area contributed by atoms with Crippen molar-refractivity contribution in [3.63, 3.8) is 0 Å². The number of carbonyl (C=O) groups excluding carboxylic acids is 2. The van der Waals surface area contributed by atoms with Crippen molar-refractivity contribution >= 4 is 23.3 Å². The molecular weight excluding hydrogens is 591 g/mol. The average molecular weight is 627 g/mol. The van der Waals surface area contributed by atoms with Crippen LogP contribution in [0, 0.1) is 33.9 Å². The summed E-state index contributed by atoms with van der Waals surface area (Å²) < 4.78 is 30.7. The van der Waals surface area contributed by atoms with Gasteiger partial charge in [-0.1, -0.05) is 6.07 Å². The Hall–Kier alpha value is -5.20. The normalized spacial score (nSPS) is 15.6. The topological polar surface area (TPSA) is 150 Å². The SMILES string of the molecule is COC(=O)c1ccc(NC(=O)CN2CCC(Oc3cccc(COc4ccc(C#N)cc4F)n3)CC2)c(NCC2(CC#N)CC2)c1. The molecule has 0 unspecified atom stereocenters. The summed E-state index contributed by atoms with van der Waals surface area (Å²) in [5.74, 6) is -0.788. The third-order valence-corrected chi connectivity index (χ3v) is 8.19. The van der Waals surface area contributed by atoms with E-state index < -0.39 is 11.8 Å². The van der Waals surface area contributed by atoms with E-state index in [4.69, 9.17) is 24.7 Å². The van der Waals surface area contributed by atoms with Gasteiger partial charge < -0.3 is 24.8 Å². The summed E-state index contributed by atoms with van der Waals surface area (Å²) in [6, 6.07) is 18.4. The van der Waals surface area contributed by atoms with Crippen LogP contribution in [0.2, 0.25) is 0 Å².